The second-order valence-electron chi connectivity index (χ2n) is 3.48. The van der Waals surface area contributed by atoms with Crippen LogP contribution < -0.4 is 0 Å². The highest BCUT2D eigenvalue weighted by atomic mass is 16.5. The topological polar surface area (TPSA) is 79.4 Å². The van der Waals surface area contributed by atoms with Gasteiger partial charge in [0.1, 0.15) is 11.4 Å². The van der Waals surface area contributed by atoms with Gasteiger partial charge in [0.05, 0.1) is 12.2 Å². The molecule has 0 bridgehead atoms. The highest BCUT2D eigenvalue weighted by Gasteiger charge is 2.18. The molecule has 0 unspecified atom stereocenters. The summed E-state index contributed by atoms with van der Waals surface area (Å²) in [4.78, 5) is 25.4. The molecule has 0 amide bonds. The summed E-state index contributed by atoms with van der Waals surface area (Å²) < 4.78 is 4.84. The maximum absolute atomic E-state index is 11.6. The van der Waals surface area contributed by atoms with Gasteiger partial charge in [-0.05, 0) is 25.1 Å². The van der Waals surface area contributed by atoms with Crippen LogP contribution in [-0.2, 0) is 4.74 Å². The Labute approximate surface area is 97.0 Å². The Kier molecular flexibility index (Phi) is 2.82. The summed E-state index contributed by atoms with van der Waals surface area (Å²) in [5.41, 5.74) is 0.921. The van der Waals surface area contributed by atoms with Crippen LogP contribution in [0.1, 0.15) is 27.8 Å². The van der Waals surface area contributed by atoms with Crippen LogP contribution in [-0.4, -0.2) is 29.0 Å². The number of carbonyl (C=O) groups excluding carboxylic acids is 2. The minimum Gasteiger partial charge on any atom is -0.508 e. The zero-order valence-corrected chi connectivity index (χ0v) is 9.19. The number of phenols is 1. The van der Waals surface area contributed by atoms with Crippen molar-refractivity contribution in [1.29, 1.82) is 0 Å². The van der Waals surface area contributed by atoms with Crippen LogP contribution in [0.4, 0.5) is 0 Å². The van der Waals surface area contributed by atoms with Gasteiger partial charge in [-0.25, -0.2) is 4.79 Å². The average molecular weight is 233 g/mol. The van der Waals surface area contributed by atoms with Crippen molar-refractivity contribution in [1.82, 2.24) is 4.98 Å². The fourth-order valence-corrected chi connectivity index (χ4v) is 1.69. The van der Waals surface area contributed by atoms with Gasteiger partial charge in [-0.15, -0.1) is 0 Å². The molecule has 0 aliphatic heterocycles. The Morgan fingerprint density at radius 2 is 2.29 bits per heavy atom. The number of aromatic nitrogens is 1. The van der Waals surface area contributed by atoms with Crippen molar-refractivity contribution in [2.24, 2.45) is 0 Å². The predicted molar refractivity (Wildman–Crippen MR) is 61.3 cm³/mol. The molecule has 0 saturated heterocycles. The van der Waals surface area contributed by atoms with E-state index in [1.165, 1.54) is 12.1 Å². The van der Waals surface area contributed by atoms with E-state index in [-0.39, 0.29) is 23.6 Å². The third-order valence-electron chi connectivity index (χ3n) is 2.42. The maximum Gasteiger partial charge on any atom is 0.355 e. The van der Waals surface area contributed by atoms with Gasteiger partial charge in [0, 0.05) is 10.9 Å². The number of fused-ring (bicyclic) bond motifs is 1. The van der Waals surface area contributed by atoms with Gasteiger partial charge >= 0.3 is 5.97 Å². The third kappa shape index (κ3) is 1.87. The van der Waals surface area contributed by atoms with E-state index in [4.69, 9.17) is 4.74 Å². The smallest absolute Gasteiger partial charge is 0.355 e. The minimum absolute atomic E-state index is 0.0370. The molecule has 2 aromatic rings. The second kappa shape index (κ2) is 4.29. The average Bonchev–Trinajstić information content (AvgIpc) is 2.67. The van der Waals surface area contributed by atoms with E-state index in [0.717, 1.165) is 0 Å². The van der Waals surface area contributed by atoms with Crippen molar-refractivity contribution in [3.05, 3.63) is 29.5 Å². The largest absolute Gasteiger partial charge is 0.508 e. The van der Waals surface area contributed by atoms with Crippen LogP contribution in [0, 0.1) is 0 Å². The number of H-pyrrole nitrogens is 1. The summed E-state index contributed by atoms with van der Waals surface area (Å²) in [6.45, 7) is 1.92. The molecule has 88 valence electrons. The van der Waals surface area contributed by atoms with Gasteiger partial charge in [-0.2, -0.15) is 0 Å². The molecule has 17 heavy (non-hydrogen) atoms. The number of aromatic amines is 1. The molecule has 1 heterocycles. The number of benzene rings is 1. The van der Waals surface area contributed by atoms with Gasteiger partial charge in [0.2, 0.25) is 0 Å². The van der Waals surface area contributed by atoms with E-state index >= 15 is 0 Å². The van der Waals surface area contributed by atoms with Gasteiger partial charge in [0.25, 0.3) is 0 Å². The van der Waals surface area contributed by atoms with Crippen molar-refractivity contribution in [2.45, 2.75) is 6.92 Å². The molecule has 2 N–H and O–H groups in total. The zero-order valence-electron chi connectivity index (χ0n) is 9.19. The molecule has 5 heteroatoms. The molecular weight excluding hydrogens is 222 g/mol. The first kappa shape index (κ1) is 11.2. The molecule has 0 saturated carbocycles. The van der Waals surface area contributed by atoms with Crippen molar-refractivity contribution in [3.8, 4) is 5.75 Å². The number of aldehydes is 1. The number of esters is 1. The van der Waals surface area contributed by atoms with Crippen molar-refractivity contribution in [2.75, 3.05) is 6.61 Å². The van der Waals surface area contributed by atoms with E-state index in [2.05, 4.69) is 4.98 Å². The molecule has 0 spiro atoms. The number of hydrogen-bond donors (Lipinski definition) is 2. The highest BCUT2D eigenvalue weighted by Crippen LogP contribution is 2.25. The monoisotopic (exact) mass is 233 g/mol. The van der Waals surface area contributed by atoms with E-state index in [9.17, 15) is 14.7 Å². The number of hydrogen-bond acceptors (Lipinski definition) is 4. The van der Waals surface area contributed by atoms with Gasteiger partial charge in [-0.1, -0.05) is 0 Å². The lowest BCUT2D eigenvalue weighted by Crippen LogP contribution is -2.07. The number of nitrogens with one attached hydrogen (secondary N) is 1. The number of phenolic OH excluding ortho intramolecular Hbond substituents is 1. The van der Waals surface area contributed by atoms with Gasteiger partial charge in [0.15, 0.2) is 6.29 Å². The summed E-state index contributed by atoms with van der Waals surface area (Å²) in [6.07, 6.45) is 0.574. The van der Waals surface area contributed by atoms with E-state index in [1.54, 1.807) is 13.0 Å². The van der Waals surface area contributed by atoms with Crippen LogP contribution in [0.2, 0.25) is 0 Å². The molecule has 0 radical (unpaired) electrons. The summed E-state index contributed by atoms with van der Waals surface area (Å²) in [6, 6.07) is 4.50. The van der Waals surface area contributed by atoms with Crippen LogP contribution in [0.25, 0.3) is 10.9 Å². The van der Waals surface area contributed by atoms with Gasteiger partial charge in [-0.3, -0.25) is 4.79 Å². The van der Waals surface area contributed by atoms with Crippen molar-refractivity contribution in [3.63, 3.8) is 0 Å². The van der Waals surface area contributed by atoms with Crippen LogP contribution in [0.3, 0.4) is 0 Å². The summed E-state index contributed by atoms with van der Waals surface area (Å²) in [5, 5.41) is 9.86. The minimum atomic E-state index is -0.578. The molecule has 5 nitrogen and oxygen atoms in total. The van der Waals surface area contributed by atoms with Crippen LogP contribution >= 0.6 is 0 Å². The summed E-state index contributed by atoms with van der Waals surface area (Å²) in [7, 11) is 0. The lowest BCUT2D eigenvalue weighted by Gasteiger charge is -1.99. The number of ether oxygens (including phenoxy) is 1. The Hall–Kier alpha value is -2.30. The fourth-order valence-electron chi connectivity index (χ4n) is 1.69. The van der Waals surface area contributed by atoms with Crippen LogP contribution in [0.5, 0.6) is 5.75 Å². The standard InChI is InChI=1S/C12H11NO4/c1-2-17-12(16)11-9(6-14)8-5-7(15)3-4-10(8)13-11/h3-6,13,15H,2H2,1H3. The van der Waals surface area contributed by atoms with E-state index in [1.807, 2.05) is 0 Å². The van der Waals surface area contributed by atoms with Gasteiger partial charge < -0.3 is 14.8 Å². The van der Waals surface area contributed by atoms with E-state index < -0.39 is 5.97 Å². The maximum atomic E-state index is 11.6. The molecule has 2 rings (SSSR count). The van der Waals surface area contributed by atoms with Crippen molar-refractivity contribution < 1.29 is 19.4 Å². The first-order chi connectivity index (χ1) is 8.17. The Bertz CT molecular complexity index is 585. The summed E-state index contributed by atoms with van der Waals surface area (Å²) >= 11 is 0. The molecule has 1 aromatic heterocycles. The van der Waals surface area contributed by atoms with Crippen molar-refractivity contribution >= 4 is 23.2 Å². The number of rotatable bonds is 3. The number of aromatic hydroxyl groups is 1. The third-order valence-corrected chi connectivity index (χ3v) is 2.42. The summed E-state index contributed by atoms with van der Waals surface area (Å²) in [5.74, 6) is -0.541. The molecular formula is C12H11NO4. The lowest BCUT2D eigenvalue weighted by atomic mass is 10.1. The molecule has 0 fully saturated rings. The van der Waals surface area contributed by atoms with E-state index in [0.29, 0.717) is 17.2 Å². The highest BCUT2D eigenvalue weighted by molar-refractivity contribution is 6.08. The molecule has 0 aliphatic carbocycles. The molecule has 1 aromatic carbocycles. The molecule has 0 atom stereocenters. The first-order valence-corrected chi connectivity index (χ1v) is 5.14. The number of carbonyl (C=O) groups is 2. The Morgan fingerprint density at radius 1 is 1.53 bits per heavy atom. The van der Waals surface area contributed by atoms with Crippen LogP contribution in [0.15, 0.2) is 18.2 Å². The Balaban J connectivity index is 2.64. The SMILES string of the molecule is CCOC(=O)c1[nH]c2ccc(O)cc2c1C=O. The Morgan fingerprint density at radius 3 is 2.94 bits per heavy atom. The quantitative estimate of drug-likeness (QED) is 0.626. The molecule has 0 aliphatic rings. The first-order valence-electron chi connectivity index (χ1n) is 5.14. The predicted octanol–water partition coefficient (Wildman–Crippen LogP) is 1.86. The second-order valence-corrected chi connectivity index (χ2v) is 3.48. The fraction of sp³-hybridized carbons (Fsp3) is 0.167. The lowest BCUT2D eigenvalue weighted by molar-refractivity contribution is 0.0518. The normalized spacial score (nSPS) is 10.4. The zero-order chi connectivity index (χ0) is 12.4.